The number of aromatic nitrogens is 2. The molecule has 6 rings (SSSR count). The van der Waals surface area contributed by atoms with Crippen LogP contribution in [0.3, 0.4) is 0 Å². The highest BCUT2D eigenvalue weighted by atomic mass is 32.1. The monoisotopic (exact) mass is 615 g/mol. The first-order valence-corrected chi connectivity index (χ1v) is 15.6. The van der Waals surface area contributed by atoms with Crippen molar-refractivity contribution in [2.75, 3.05) is 31.1 Å². The van der Waals surface area contributed by atoms with Crippen molar-refractivity contribution in [2.24, 2.45) is 23.2 Å². The molecule has 12 heteroatoms. The number of aryl methyl sites for hydroxylation is 1. The average Bonchev–Trinajstić information content (AvgIpc) is 3.47. The number of aliphatic hydroxyl groups excluding tert-OH is 1. The van der Waals surface area contributed by atoms with Crippen LogP contribution in [-0.2, 0) is 37.7 Å². The highest BCUT2D eigenvalue weighted by Gasteiger charge is 2.39. The van der Waals surface area contributed by atoms with Crippen LogP contribution in [0.15, 0.2) is 46.1 Å². The van der Waals surface area contributed by atoms with Crippen molar-refractivity contribution >= 4 is 40.5 Å². The topological polar surface area (TPSA) is 146 Å². The summed E-state index contributed by atoms with van der Waals surface area (Å²) in [5.41, 5.74) is 11.2. The van der Waals surface area contributed by atoms with Gasteiger partial charge in [0.05, 0.1) is 18.0 Å². The Morgan fingerprint density at radius 1 is 1.25 bits per heavy atom. The van der Waals surface area contributed by atoms with E-state index >= 15 is 0 Å². The summed E-state index contributed by atoms with van der Waals surface area (Å²) >= 11 is 1.60. The quantitative estimate of drug-likeness (QED) is 0.296. The minimum Gasteiger partial charge on any atom is -0.392 e. The molecule has 2 aliphatic heterocycles. The maximum atomic E-state index is 13.8. The van der Waals surface area contributed by atoms with Gasteiger partial charge in [0.2, 0.25) is 5.91 Å². The number of pyridine rings is 2. The Kier molecular flexibility index (Phi) is 7.66. The normalized spacial score (nSPS) is 18.8. The number of piperazine rings is 1. The van der Waals surface area contributed by atoms with Crippen molar-refractivity contribution in [3.8, 4) is 11.1 Å². The van der Waals surface area contributed by atoms with Gasteiger partial charge in [-0.15, -0.1) is 11.3 Å². The zero-order valence-electron chi connectivity index (χ0n) is 25.4. The molecule has 0 bridgehead atoms. The Bertz CT molecular complexity index is 1800. The fourth-order valence-electron chi connectivity index (χ4n) is 6.43. The number of nitrogens with two attached hydrogens (primary N) is 1. The lowest BCUT2D eigenvalue weighted by Gasteiger charge is -2.29. The second kappa shape index (κ2) is 11.3. The molecule has 11 nitrogen and oxygen atoms in total. The molecule has 5 heterocycles. The average molecular weight is 616 g/mol. The number of hydrogen-bond donors (Lipinski definition) is 3. The van der Waals surface area contributed by atoms with Crippen LogP contribution < -0.4 is 21.5 Å². The lowest BCUT2D eigenvalue weighted by Crippen LogP contribution is -2.44. The number of aliphatic imine (C=N–C) groups is 1. The summed E-state index contributed by atoms with van der Waals surface area (Å²) in [6.07, 6.45) is 7.63. The molecule has 1 aliphatic carbocycles. The maximum Gasteiger partial charge on any atom is 0.276 e. The molecule has 0 saturated carbocycles. The second-order valence-corrected chi connectivity index (χ2v) is 13.6. The van der Waals surface area contributed by atoms with Crippen molar-refractivity contribution in [3.05, 3.63) is 73.1 Å². The number of fused-ring (bicyclic) bond motifs is 3. The van der Waals surface area contributed by atoms with Gasteiger partial charge in [0.15, 0.2) is 0 Å². The van der Waals surface area contributed by atoms with Gasteiger partial charge >= 0.3 is 0 Å². The van der Waals surface area contributed by atoms with Crippen LogP contribution in [0.5, 0.6) is 0 Å². The van der Waals surface area contributed by atoms with Gasteiger partial charge in [0.25, 0.3) is 11.5 Å². The number of rotatable bonds is 5. The fraction of sp³-hybridized carbons (Fsp3) is 0.406. The molecular weight excluding hydrogens is 578 g/mol. The smallest absolute Gasteiger partial charge is 0.276 e. The first-order valence-electron chi connectivity index (χ1n) is 14.7. The van der Waals surface area contributed by atoms with Crippen LogP contribution in [0.4, 0.5) is 11.5 Å². The van der Waals surface area contributed by atoms with Crippen molar-refractivity contribution in [1.29, 1.82) is 0 Å². The highest BCUT2D eigenvalue weighted by Crippen LogP contribution is 2.46. The van der Waals surface area contributed by atoms with Gasteiger partial charge in [-0.1, -0.05) is 13.8 Å². The number of nitrogens with one attached hydrogen (secondary N) is 1. The number of amides is 2. The summed E-state index contributed by atoms with van der Waals surface area (Å²) in [6.45, 7) is 7.76. The van der Waals surface area contributed by atoms with Gasteiger partial charge in [0.1, 0.15) is 17.3 Å². The van der Waals surface area contributed by atoms with Crippen molar-refractivity contribution < 1.29 is 14.7 Å². The van der Waals surface area contributed by atoms with E-state index in [-0.39, 0.29) is 40.9 Å². The molecule has 0 spiro atoms. The van der Waals surface area contributed by atoms with Crippen LogP contribution in [0.25, 0.3) is 11.1 Å². The zero-order valence-corrected chi connectivity index (χ0v) is 26.3. The minimum absolute atomic E-state index is 0.0271. The Morgan fingerprint density at radius 2 is 2.05 bits per heavy atom. The molecule has 0 atom stereocenters. The third-order valence-electron chi connectivity index (χ3n) is 8.55. The minimum atomic E-state index is -0.349. The molecule has 1 fully saturated rings. The summed E-state index contributed by atoms with van der Waals surface area (Å²) in [6, 6.07) is 3.39. The maximum absolute atomic E-state index is 13.8. The second-order valence-electron chi connectivity index (χ2n) is 12.5. The van der Waals surface area contributed by atoms with E-state index in [4.69, 9.17) is 5.73 Å². The Morgan fingerprint density at radius 3 is 2.80 bits per heavy atom. The summed E-state index contributed by atoms with van der Waals surface area (Å²) in [5, 5.41) is 13.8. The van der Waals surface area contributed by atoms with E-state index in [1.54, 1.807) is 58.8 Å². The van der Waals surface area contributed by atoms with Gasteiger partial charge < -0.3 is 25.6 Å². The Labute approximate surface area is 259 Å². The molecule has 1 saturated heterocycles. The van der Waals surface area contributed by atoms with Crippen LogP contribution in [-0.4, -0.2) is 63.4 Å². The van der Waals surface area contributed by atoms with Crippen LogP contribution in [0, 0.1) is 5.41 Å². The molecule has 230 valence electrons. The summed E-state index contributed by atoms with van der Waals surface area (Å²) in [4.78, 5) is 53.1. The summed E-state index contributed by atoms with van der Waals surface area (Å²) in [7, 11) is 1.63. The van der Waals surface area contributed by atoms with E-state index < -0.39 is 0 Å². The number of hydrogen-bond acceptors (Lipinski definition) is 8. The van der Waals surface area contributed by atoms with E-state index in [1.165, 1.54) is 27.5 Å². The standard InChI is InChI=1S/C32H37N7O4S/c1-18(41)38-10-8-34-20(16-38)12-27(33)36-25-11-19(15-37(4)30(25)42)21-5-7-35-29(24(21)17-40)39-9-6-22-23-13-32(2,3)14-26(23)44-28(22)31(39)43/h5,7,11-12,15,34,40H,6,8-10,13-14,16-17H2,1-4H3,(H2,33,36)/b20-12-. The molecule has 0 radical (unpaired) electrons. The molecule has 44 heavy (non-hydrogen) atoms. The van der Waals surface area contributed by atoms with Gasteiger partial charge in [-0.25, -0.2) is 9.98 Å². The van der Waals surface area contributed by atoms with Gasteiger partial charge in [-0.3, -0.25) is 19.3 Å². The Hall–Kier alpha value is -4.29. The number of carbonyl (C=O) groups is 2. The molecule has 3 aliphatic rings. The molecule has 0 aromatic carbocycles. The van der Waals surface area contributed by atoms with Crippen LogP contribution in [0.2, 0.25) is 0 Å². The van der Waals surface area contributed by atoms with Crippen LogP contribution in [0.1, 0.15) is 52.0 Å². The summed E-state index contributed by atoms with van der Waals surface area (Å²) < 4.78 is 1.42. The first kappa shape index (κ1) is 29.8. The predicted molar refractivity (Wildman–Crippen MR) is 171 cm³/mol. The van der Waals surface area contributed by atoms with Gasteiger partial charge in [-0.2, -0.15) is 0 Å². The van der Waals surface area contributed by atoms with E-state index in [0.717, 1.165) is 29.8 Å². The van der Waals surface area contributed by atoms with Gasteiger partial charge in [0, 0.05) is 73.8 Å². The van der Waals surface area contributed by atoms with E-state index in [9.17, 15) is 19.5 Å². The molecule has 2 amide bonds. The lowest BCUT2D eigenvalue weighted by molar-refractivity contribution is -0.128. The van der Waals surface area contributed by atoms with E-state index in [2.05, 4.69) is 29.1 Å². The molecule has 0 unspecified atom stereocenters. The number of thiophene rings is 1. The third kappa shape index (κ3) is 5.43. The fourth-order valence-corrected chi connectivity index (χ4v) is 8.01. The predicted octanol–water partition coefficient (Wildman–Crippen LogP) is 2.65. The van der Waals surface area contributed by atoms with Crippen molar-refractivity contribution in [2.45, 2.75) is 46.6 Å². The zero-order chi connectivity index (χ0) is 31.3. The highest BCUT2D eigenvalue weighted by molar-refractivity contribution is 7.14. The molecular formula is C32H37N7O4S. The third-order valence-corrected chi connectivity index (χ3v) is 9.82. The Balaban J connectivity index is 1.33. The number of nitrogens with zero attached hydrogens (tertiary/aromatic N) is 5. The first-order chi connectivity index (χ1) is 21.0. The SMILES string of the molecule is CC(=O)N1CCN/C(=C\C(N)=Nc2cc(-c3ccnc(N4CCc5c(sc6c5CC(C)(C)C6)C4=O)c3CO)cn(C)c2=O)C1. The number of aliphatic hydroxyl groups is 1. The van der Waals surface area contributed by atoms with Crippen molar-refractivity contribution in [3.63, 3.8) is 0 Å². The van der Waals surface area contributed by atoms with Crippen molar-refractivity contribution in [1.82, 2.24) is 19.8 Å². The molecule has 3 aromatic heterocycles. The molecule has 4 N–H and O–H groups in total. The number of anilines is 1. The largest absolute Gasteiger partial charge is 0.392 e. The summed E-state index contributed by atoms with van der Waals surface area (Å²) in [5.74, 6) is 0.414. The number of amidine groups is 1. The lowest BCUT2D eigenvalue weighted by atomic mass is 9.89. The number of carbonyl (C=O) groups excluding carboxylic acids is 2. The van der Waals surface area contributed by atoms with Gasteiger partial charge in [-0.05, 0) is 53.5 Å². The molecule has 3 aromatic rings. The van der Waals surface area contributed by atoms with Crippen LogP contribution >= 0.6 is 11.3 Å². The van der Waals surface area contributed by atoms with E-state index in [0.29, 0.717) is 48.7 Å². The van der Waals surface area contributed by atoms with E-state index in [1.807, 2.05) is 0 Å².